The molecule has 0 aliphatic carbocycles. The second-order valence-corrected chi connectivity index (χ2v) is 5.03. The van der Waals surface area contributed by atoms with Crippen LogP contribution in [0, 0.1) is 0 Å². The van der Waals surface area contributed by atoms with Gasteiger partial charge in [0.25, 0.3) is 0 Å². The highest BCUT2D eigenvalue weighted by molar-refractivity contribution is 5.97. The van der Waals surface area contributed by atoms with Crippen molar-refractivity contribution in [1.82, 2.24) is 9.78 Å². The summed E-state index contributed by atoms with van der Waals surface area (Å²) in [6.07, 6.45) is 3.68. The van der Waals surface area contributed by atoms with Gasteiger partial charge in [-0.05, 0) is 37.5 Å². The molecule has 2 aromatic rings. The van der Waals surface area contributed by atoms with E-state index >= 15 is 0 Å². The lowest BCUT2D eigenvalue weighted by Crippen LogP contribution is -2.29. The van der Waals surface area contributed by atoms with Gasteiger partial charge in [-0.1, -0.05) is 0 Å². The molecular weight excluding hydrogens is 242 g/mol. The van der Waals surface area contributed by atoms with Crippen LogP contribution in [0.3, 0.4) is 0 Å². The van der Waals surface area contributed by atoms with Crippen LogP contribution in [0.1, 0.15) is 29.6 Å². The van der Waals surface area contributed by atoms with Crippen LogP contribution in [0.15, 0.2) is 18.2 Å². The quantitative estimate of drug-likeness (QED) is 0.898. The highest BCUT2D eigenvalue weighted by Gasteiger charge is 2.18. The van der Waals surface area contributed by atoms with Gasteiger partial charge in [0.15, 0.2) is 5.82 Å². The Bertz CT molecular complexity index is 627. The summed E-state index contributed by atoms with van der Waals surface area (Å²) < 4.78 is 1.77. The lowest BCUT2D eigenvalue weighted by atomic mass is 10.1. The molecule has 5 nitrogen and oxygen atoms in total. The number of carbonyl (C=O) groups is 1. The number of benzene rings is 1. The van der Waals surface area contributed by atoms with Crippen LogP contribution < -0.4 is 4.90 Å². The lowest BCUT2D eigenvalue weighted by Gasteiger charge is -2.26. The molecule has 19 heavy (non-hydrogen) atoms. The van der Waals surface area contributed by atoms with Crippen molar-refractivity contribution in [3.8, 4) is 0 Å². The van der Waals surface area contributed by atoms with Crippen molar-refractivity contribution >= 4 is 22.7 Å². The number of hydrogen-bond donors (Lipinski definition) is 1. The summed E-state index contributed by atoms with van der Waals surface area (Å²) in [6.45, 7) is 2.07. The normalized spacial score (nSPS) is 15.9. The maximum atomic E-state index is 11.0. The number of rotatable bonds is 2. The van der Waals surface area contributed by atoms with Gasteiger partial charge < -0.3 is 10.0 Å². The Balaban J connectivity index is 2.08. The van der Waals surface area contributed by atoms with E-state index < -0.39 is 5.97 Å². The van der Waals surface area contributed by atoms with Crippen molar-refractivity contribution in [2.75, 3.05) is 18.0 Å². The van der Waals surface area contributed by atoms with E-state index in [1.807, 2.05) is 13.1 Å². The molecule has 1 aromatic heterocycles. The Hall–Kier alpha value is -2.04. The van der Waals surface area contributed by atoms with Crippen LogP contribution in [0.5, 0.6) is 0 Å². The Kier molecular flexibility index (Phi) is 2.89. The summed E-state index contributed by atoms with van der Waals surface area (Å²) in [5, 5.41) is 14.7. The first kappa shape index (κ1) is 12.0. The largest absolute Gasteiger partial charge is 0.478 e. The third kappa shape index (κ3) is 2.05. The number of aromatic nitrogens is 2. The van der Waals surface area contributed by atoms with Crippen LogP contribution in [-0.2, 0) is 7.05 Å². The van der Waals surface area contributed by atoms with Crippen molar-refractivity contribution in [1.29, 1.82) is 0 Å². The van der Waals surface area contributed by atoms with E-state index in [-0.39, 0.29) is 0 Å². The molecule has 1 aliphatic heterocycles. The molecule has 1 aliphatic rings. The first-order valence-corrected chi connectivity index (χ1v) is 6.62. The van der Waals surface area contributed by atoms with Crippen molar-refractivity contribution < 1.29 is 9.90 Å². The van der Waals surface area contributed by atoms with E-state index in [1.165, 1.54) is 19.3 Å². The number of aromatic carboxylic acids is 1. The molecule has 1 N–H and O–H groups in total. The molecule has 2 heterocycles. The van der Waals surface area contributed by atoms with Crippen molar-refractivity contribution in [3.05, 3.63) is 23.8 Å². The van der Waals surface area contributed by atoms with Gasteiger partial charge in [0.05, 0.1) is 11.1 Å². The standard InChI is InChI=1S/C14H17N3O2/c1-16-12-9-10(14(18)19)5-6-11(12)13(15-16)17-7-3-2-4-8-17/h5-6,9H,2-4,7-8H2,1H3,(H,18,19). The first-order valence-electron chi connectivity index (χ1n) is 6.62. The molecule has 5 heteroatoms. The van der Waals surface area contributed by atoms with E-state index in [9.17, 15) is 4.79 Å². The third-order valence-corrected chi connectivity index (χ3v) is 3.73. The molecule has 0 unspecified atom stereocenters. The second kappa shape index (κ2) is 4.57. The number of fused-ring (bicyclic) bond motifs is 1. The SMILES string of the molecule is Cn1nc(N2CCCCC2)c2ccc(C(=O)O)cc21. The van der Waals surface area contributed by atoms with E-state index in [0.717, 1.165) is 29.8 Å². The zero-order valence-electron chi connectivity index (χ0n) is 11.0. The zero-order chi connectivity index (χ0) is 13.4. The van der Waals surface area contributed by atoms with Crippen molar-refractivity contribution in [2.45, 2.75) is 19.3 Å². The van der Waals surface area contributed by atoms with Gasteiger partial charge >= 0.3 is 5.97 Å². The Morgan fingerprint density at radius 3 is 2.68 bits per heavy atom. The van der Waals surface area contributed by atoms with Crippen LogP contribution in [0.2, 0.25) is 0 Å². The average Bonchev–Trinajstić information content (AvgIpc) is 2.77. The summed E-state index contributed by atoms with van der Waals surface area (Å²) in [4.78, 5) is 13.3. The molecule has 1 aromatic carbocycles. The number of hydrogen-bond acceptors (Lipinski definition) is 3. The van der Waals surface area contributed by atoms with Gasteiger partial charge in [-0.15, -0.1) is 0 Å². The maximum Gasteiger partial charge on any atom is 0.335 e. The van der Waals surface area contributed by atoms with E-state index in [4.69, 9.17) is 5.11 Å². The Morgan fingerprint density at radius 1 is 1.26 bits per heavy atom. The van der Waals surface area contributed by atoms with Gasteiger partial charge in [0, 0.05) is 25.5 Å². The van der Waals surface area contributed by atoms with E-state index in [0.29, 0.717) is 5.56 Å². The molecule has 1 fully saturated rings. The number of carboxylic acids is 1. The molecule has 0 saturated carbocycles. The van der Waals surface area contributed by atoms with Crippen LogP contribution in [-0.4, -0.2) is 33.9 Å². The zero-order valence-corrected chi connectivity index (χ0v) is 11.0. The summed E-state index contributed by atoms with van der Waals surface area (Å²) in [5.41, 5.74) is 1.18. The lowest BCUT2D eigenvalue weighted by molar-refractivity contribution is 0.0697. The Morgan fingerprint density at radius 2 is 2.00 bits per heavy atom. The molecule has 0 radical (unpaired) electrons. The molecule has 0 amide bonds. The molecule has 100 valence electrons. The molecular formula is C14H17N3O2. The van der Waals surface area contributed by atoms with Crippen LogP contribution in [0.25, 0.3) is 10.9 Å². The number of carboxylic acid groups (broad SMARTS) is 1. The monoisotopic (exact) mass is 259 g/mol. The van der Waals surface area contributed by atoms with Gasteiger partial charge in [0.1, 0.15) is 0 Å². The Labute approximate surface area is 111 Å². The van der Waals surface area contributed by atoms with Gasteiger partial charge in [-0.25, -0.2) is 4.79 Å². The minimum Gasteiger partial charge on any atom is -0.478 e. The van der Waals surface area contributed by atoms with Crippen molar-refractivity contribution in [2.24, 2.45) is 7.05 Å². The molecule has 3 rings (SSSR count). The molecule has 0 atom stereocenters. The predicted molar refractivity (Wildman–Crippen MR) is 73.7 cm³/mol. The maximum absolute atomic E-state index is 11.0. The predicted octanol–water partition coefficient (Wildman–Crippen LogP) is 2.26. The molecule has 0 spiro atoms. The minimum absolute atomic E-state index is 0.306. The minimum atomic E-state index is -0.900. The third-order valence-electron chi connectivity index (χ3n) is 3.73. The van der Waals surface area contributed by atoms with Crippen molar-refractivity contribution in [3.63, 3.8) is 0 Å². The molecule has 1 saturated heterocycles. The number of nitrogens with zero attached hydrogens (tertiary/aromatic N) is 3. The summed E-state index contributed by atoms with van der Waals surface area (Å²) in [6, 6.07) is 5.22. The van der Waals surface area contributed by atoms with Crippen LogP contribution in [0.4, 0.5) is 5.82 Å². The average molecular weight is 259 g/mol. The fraction of sp³-hybridized carbons (Fsp3) is 0.429. The molecule has 0 bridgehead atoms. The fourth-order valence-electron chi connectivity index (χ4n) is 2.71. The first-order chi connectivity index (χ1) is 9.16. The number of piperidine rings is 1. The van der Waals surface area contributed by atoms with Gasteiger partial charge in [0.2, 0.25) is 0 Å². The fourth-order valence-corrected chi connectivity index (χ4v) is 2.71. The van der Waals surface area contributed by atoms with Gasteiger partial charge in [-0.2, -0.15) is 5.10 Å². The smallest absolute Gasteiger partial charge is 0.335 e. The van der Waals surface area contributed by atoms with E-state index in [1.54, 1.807) is 16.8 Å². The number of anilines is 1. The topological polar surface area (TPSA) is 58.4 Å². The second-order valence-electron chi connectivity index (χ2n) is 5.03. The summed E-state index contributed by atoms with van der Waals surface area (Å²) in [5.74, 6) is 0.0803. The highest BCUT2D eigenvalue weighted by Crippen LogP contribution is 2.28. The highest BCUT2D eigenvalue weighted by atomic mass is 16.4. The summed E-state index contributed by atoms with van der Waals surface area (Å²) >= 11 is 0. The number of aryl methyl sites for hydroxylation is 1. The van der Waals surface area contributed by atoms with Crippen LogP contribution >= 0.6 is 0 Å². The van der Waals surface area contributed by atoms with Gasteiger partial charge in [-0.3, -0.25) is 4.68 Å². The van der Waals surface area contributed by atoms with E-state index in [2.05, 4.69) is 10.00 Å². The summed E-state index contributed by atoms with van der Waals surface area (Å²) in [7, 11) is 1.86.